The molecule has 0 bridgehead atoms. The van der Waals surface area contributed by atoms with E-state index in [1.54, 1.807) is 0 Å². The number of aromatic nitrogens is 1. The Morgan fingerprint density at radius 1 is 1.07 bits per heavy atom. The maximum absolute atomic E-state index is 13.8. The monoisotopic (exact) mass is 549 g/mol. The summed E-state index contributed by atoms with van der Waals surface area (Å²) in [6.45, 7) is 19.1. The molecule has 1 aliphatic carbocycles. The molecule has 8 nitrogen and oxygen atoms in total. The summed E-state index contributed by atoms with van der Waals surface area (Å²) < 4.78 is 18.9. The van der Waals surface area contributed by atoms with Gasteiger partial charge in [0.25, 0.3) is 11.5 Å². The van der Waals surface area contributed by atoms with Crippen LogP contribution in [0.3, 0.4) is 0 Å². The van der Waals surface area contributed by atoms with Gasteiger partial charge in [0.2, 0.25) is 0 Å². The first kappa shape index (κ1) is 28.9. The Labute approximate surface area is 238 Å². The van der Waals surface area contributed by atoms with Crippen LogP contribution in [-0.2, 0) is 20.6 Å². The molecule has 3 heterocycles. The lowest BCUT2D eigenvalue weighted by Crippen LogP contribution is -2.69. The van der Waals surface area contributed by atoms with E-state index in [2.05, 4.69) is 55.9 Å². The van der Waals surface area contributed by atoms with E-state index in [0.717, 1.165) is 60.6 Å². The van der Waals surface area contributed by atoms with Crippen LogP contribution in [0, 0.1) is 32.6 Å². The zero-order valence-corrected chi connectivity index (χ0v) is 25.3. The van der Waals surface area contributed by atoms with Crippen LogP contribution in [0.1, 0.15) is 80.2 Å². The van der Waals surface area contributed by atoms with Gasteiger partial charge in [-0.15, -0.1) is 0 Å². The average molecular weight is 550 g/mol. The van der Waals surface area contributed by atoms with E-state index < -0.39 is 7.12 Å². The van der Waals surface area contributed by atoms with Crippen molar-refractivity contribution < 1.29 is 18.8 Å². The molecule has 1 aromatic carbocycles. The maximum Gasteiger partial charge on any atom is 0.494 e. The molecule has 1 amide bonds. The first-order chi connectivity index (χ1) is 18.9. The number of rotatable bonds is 7. The van der Waals surface area contributed by atoms with Crippen LogP contribution in [0.2, 0.25) is 0 Å². The van der Waals surface area contributed by atoms with E-state index in [1.807, 2.05) is 32.9 Å². The lowest BCUT2D eigenvalue weighted by Gasteiger charge is -2.60. The van der Waals surface area contributed by atoms with E-state index in [9.17, 15) is 9.59 Å². The number of carbonyl (C=O) groups excluding carboxylic acids is 1. The van der Waals surface area contributed by atoms with Crippen molar-refractivity contribution in [2.24, 2.45) is 11.8 Å². The van der Waals surface area contributed by atoms with Crippen LogP contribution in [0.5, 0.6) is 0 Å². The number of nitrogens with one attached hydrogen (secondary N) is 2. The van der Waals surface area contributed by atoms with Gasteiger partial charge in [-0.1, -0.05) is 13.8 Å². The highest BCUT2D eigenvalue weighted by Crippen LogP contribution is 2.60. The number of aryl methyl sites for hydroxylation is 2. The third-order valence-electron chi connectivity index (χ3n) is 10.3. The number of anilines is 1. The van der Waals surface area contributed by atoms with Crippen molar-refractivity contribution in [2.75, 3.05) is 24.7 Å². The van der Waals surface area contributed by atoms with E-state index in [1.165, 1.54) is 0 Å². The predicted octanol–water partition coefficient (Wildman–Crippen LogP) is 3.78. The minimum Gasteiger partial charge on any atom is -0.399 e. The van der Waals surface area contributed by atoms with Crippen LogP contribution < -0.4 is 21.2 Å². The number of hydrogen-bond donors (Lipinski definition) is 2. The molecule has 4 unspecified atom stereocenters. The number of H-pyrrole nitrogens is 1. The van der Waals surface area contributed by atoms with Crippen molar-refractivity contribution in [3.8, 4) is 0 Å². The van der Waals surface area contributed by atoms with E-state index >= 15 is 0 Å². The Bertz CT molecular complexity index is 1330. The summed E-state index contributed by atoms with van der Waals surface area (Å²) in [6, 6.07) is 6.31. The molecule has 216 valence electrons. The van der Waals surface area contributed by atoms with Crippen molar-refractivity contribution in [2.45, 2.75) is 92.0 Å². The molecule has 0 radical (unpaired) electrons. The van der Waals surface area contributed by atoms with E-state index in [0.29, 0.717) is 29.0 Å². The third-order valence-corrected chi connectivity index (χ3v) is 10.3. The molecule has 2 aliphatic heterocycles. The zero-order valence-electron chi connectivity index (χ0n) is 25.3. The number of hydrogen-bond acceptors (Lipinski definition) is 6. The number of amides is 1. The fourth-order valence-electron chi connectivity index (χ4n) is 7.19. The quantitative estimate of drug-likeness (QED) is 0.511. The summed E-state index contributed by atoms with van der Waals surface area (Å²) in [6.07, 6.45) is 1.88. The van der Waals surface area contributed by atoms with Crippen molar-refractivity contribution in [3.63, 3.8) is 0 Å². The van der Waals surface area contributed by atoms with Gasteiger partial charge in [-0.25, -0.2) is 0 Å². The van der Waals surface area contributed by atoms with Crippen LogP contribution in [0.15, 0.2) is 23.0 Å². The predicted molar refractivity (Wildman–Crippen MR) is 158 cm³/mol. The number of benzene rings is 1. The molecule has 2 saturated heterocycles. The summed E-state index contributed by atoms with van der Waals surface area (Å²) in [4.78, 5) is 31.6. The minimum absolute atomic E-state index is 0.151. The molecule has 2 aromatic rings. The standard InChI is InChI=1S/C31H44BN3O5/c1-9-35(24-10-12-38-13-11-24)27-16-23(32-39-30(7)21(5)22(6)31(30,8)40-32)15-25(20(27)4)28(36)33-17-26-18(2)14-19(3)34-29(26)37/h14-16,21-22,24H,9-13,17H2,1-8H3,(H,33,36)(H,34,37). The average Bonchev–Trinajstić information content (AvgIpc) is 3.18. The molecule has 40 heavy (non-hydrogen) atoms. The second-order valence-corrected chi connectivity index (χ2v) is 12.3. The van der Waals surface area contributed by atoms with Gasteiger partial charge in [0.15, 0.2) is 0 Å². The first-order valence-electron chi connectivity index (χ1n) is 14.7. The fourth-order valence-corrected chi connectivity index (χ4v) is 7.19. The number of aromatic amines is 1. The summed E-state index contributed by atoms with van der Waals surface area (Å²) >= 11 is 0. The molecular formula is C31H44BN3O5. The van der Waals surface area contributed by atoms with Crippen LogP contribution >= 0.6 is 0 Å². The van der Waals surface area contributed by atoms with Gasteiger partial charge in [0.05, 0.1) is 11.2 Å². The normalized spacial score (nSPS) is 28.2. The highest BCUT2D eigenvalue weighted by molar-refractivity contribution is 6.62. The highest BCUT2D eigenvalue weighted by Gasteiger charge is 2.71. The Hall–Kier alpha value is -2.62. The topological polar surface area (TPSA) is 92.9 Å². The summed E-state index contributed by atoms with van der Waals surface area (Å²) in [5, 5.41) is 3.02. The van der Waals surface area contributed by atoms with Crippen molar-refractivity contribution in [1.82, 2.24) is 10.3 Å². The summed E-state index contributed by atoms with van der Waals surface area (Å²) in [7, 11) is -0.566. The van der Waals surface area contributed by atoms with Gasteiger partial charge >= 0.3 is 7.12 Å². The molecule has 0 spiro atoms. The lowest BCUT2D eigenvalue weighted by atomic mass is 9.53. The van der Waals surface area contributed by atoms with Crippen molar-refractivity contribution in [3.05, 3.63) is 56.5 Å². The van der Waals surface area contributed by atoms with Gasteiger partial charge in [-0.05, 0) is 101 Å². The van der Waals surface area contributed by atoms with Gasteiger partial charge in [0.1, 0.15) is 0 Å². The molecular weight excluding hydrogens is 505 g/mol. The van der Waals surface area contributed by atoms with Crippen molar-refractivity contribution >= 4 is 24.2 Å². The molecule has 5 rings (SSSR count). The fraction of sp³-hybridized carbons (Fsp3) is 0.613. The summed E-state index contributed by atoms with van der Waals surface area (Å²) in [5.41, 5.74) is 4.61. The number of nitrogens with zero attached hydrogens (tertiary/aromatic N) is 1. The molecule has 1 aromatic heterocycles. The third kappa shape index (κ3) is 4.60. The van der Waals surface area contributed by atoms with Crippen LogP contribution in [0.4, 0.5) is 5.69 Å². The molecule has 4 atom stereocenters. The van der Waals surface area contributed by atoms with Crippen molar-refractivity contribution in [1.29, 1.82) is 0 Å². The molecule has 3 aliphatic rings. The SMILES string of the molecule is CCN(c1cc(B2OC3(C)C(C)C(C)C3(C)O2)cc(C(=O)NCc2c(C)cc(C)[nH]c2=O)c1C)C1CCOCC1. The zero-order chi connectivity index (χ0) is 29.0. The lowest BCUT2D eigenvalue weighted by molar-refractivity contribution is -0.202. The summed E-state index contributed by atoms with van der Waals surface area (Å²) in [5.74, 6) is 0.504. The van der Waals surface area contributed by atoms with E-state index in [-0.39, 0.29) is 29.2 Å². The Morgan fingerprint density at radius 3 is 2.27 bits per heavy atom. The number of ether oxygens (including phenoxy) is 1. The van der Waals surface area contributed by atoms with Gasteiger partial charge in [0, 0.05) is 54.9 Å². The van der Waals surface area contributed by atoms with Gasteiger partial charge < -0.3 is 29.2 Å². The highest BCUT2D eigenvalue weighted by atomic mass is 16.7. The Kier molecular flexibility index (Phi) is 7.70. The van der Waals surface area contributed by atoms with Crippen LogP contribution in [-0.4, -0.2) is 55.0 Å². The maximum atomic E-state index is 13.8. The van der Waals surface area contributed by atoms with E-state index in [4.69, 9.17) is 14.0 Å². The number of carbonyl (C=O) groups is 1. The first-order valence-corrected chi connectivity index (χ1v) is 14.7. The molecule has 3 fully saturated rings. The number of fused-ring (bicyclic) bond motifs is 1. The molecule has 9 heteroatoms. The number of pyridine rings is 1. The van der Waals surface area contributed by atoms with Crippen LogP contribution in [0.25, 0.3) is 0 Å². The second-order valence-electron chi connectivity index (χ2n) is 12.3. The Morgan fingerprint density at radius 2 is 1.70 bits per heavy atom. The largest absolute Gasteiger partial charge is 0.494 e. The molecule has 1 saturated carbocycles. The second kappa shape index (κ2) is 10.7. The molecule has 2 N–H and O–H groups in total. The van der Waals surface area contributed by atoms with Gasteiger partial charge in [-0.2, -0.15) is 0 Å². The van der Waals surface area contributed by atoms with Gasteiger partial charge in [-0.3, -0.25) is 9.59 Å². The Balaban J connectivity index is 1.51. The minimum atomic E-state index is -0.566. The smallest absolute Gasteiger partial charge is 0.399 e.